The van der Waals surface area contributed by atoms with E-state index in [1.54, 1.807) is 29.2 Å². The number of rotatable bonds is 6. The maximum Gasteiger partial charge on any atom is 0.411 e. The molecule has 0 aromatic heterocycles. The summed E-state index contributed by atoms with van der Waals surface area (Å²) in [5.74, 6) is -0.108. The first-order valence-electron chi connectivity index (χ1n) is 9.30. The lowest BCUT2D eigenvalue weighted by Gasteiger charge is -2.35. The molecule has 0 bridgehead atoms. The minimum atomic E-state index is -4.36. The first-order chi connectivity index (χ1) is 13.8. The molecule has 3 rings (SSSR count). The van der Waals surface area contributed by atoms with E-state index in [-0.39, 0.29) is 12.5 Å². The van der Waals surface area contributed by atoms with Crippen molar-refractivity contribution in [2.75, 3.05) is 32.8 Å². The molecule has 0 unspecified atom stereocenters. The average Bonchev–Trinajstić information content (AvgIpc) is 2.69. The maximum atomic E-state index is 12.8. The van der Waals surface area contributed by atoms with Crippen molar-refractivity contribution in [1.82, 2.24) is 9.80 Å². The number of ether oxygens (including phenoxy) is 1. The normalized spacial score (nSPS) is 15.5. The van der Waals surface area contributed by atoms with Gasteiger partial charge in [-0.1, -0.05) is 46.3 Å². The molecule has 156 valence electrons. The van der Waals surface area contributed by atoms with Crippen LogP contribution in [0, 0.1) is 0 Å². The fourth-order valence-corrected chi connectivity index (χ4v) is 3.65. The number of amides is 1. The van der Waals surface area contributed by atoms with Crippen molar-refractivity contribution in [2.45, 2.75) is 19.3 Å². The number of alkyl halides is 3. The summed E-state index contributed by atoms with van der Waals surface area (Å²) in [6.45, 7) is 2.08. The van der Waals surface area contributed by atoms with E-state index in [1.807, 2.05) is 18.2 Å². The third kappa shape index (κ3) is 6.55. The summed E-state index contributed by atoms with van der Waals surface area (Å²) in [5, 5.41) is 0. The number of nitrogens with zero attached hydrogens (tertiary/aromatic N) is 2. The molecule has 1 fully saturated rings. The fourth-order valence-electron chi connectivity index (χ4n) is 3.24. The highest BCUT2D eigenvalue weighted by atomic mass is 79.9. The summed E-state index contributed by atoms with van der Waals surface area (Å²) in [5.41, 5.74) is 2.23. The molecule has 4 nitrogen and oxygen atoms in total. The van der Waals surface area contributed by atoms with Crippen molar-refractivity contribution >= 4 is 21.8 Å². The van der Waals surface area contributed by atoms with Gasteiger partial charge in [-0.25, -0.2) is 0 Å². The van der Waals surface area contributed by atoms with E-state index in [4.69, 9.17) is 0 Å². The molecular formula is C21H22BrF3N2O2. The number of hydrogen-bond acceptors (Lipinski definition) is 3. The van der Waals surface area contributed by atoms with Gasteiger partial charge in [0.05, 0.1) is 6.61 Å². The van der Waals surface area contributed by atoms with E-state index < -0.39 is 12.8 Å². The van der Waals surface area contributed by atoms with E-state index in [2.05, 4.69) is 31.6 Å². The largest absolute Gasteiger partial charge is 0.411 e. The minimum Gasteiger partial charge on any atom is -0.367 e. The lowest BCUT2D eigenvalue weighted by Crippen LogP contribution is -2.48. The molecule has 8 heteroatoms. The van der Waals surface area contributed by atoms with Crippen molar-refractivity contribution in [1.29, 1.82) is 0 Å². The van der Waals surface area contributed by atoms with Crippen molar-refractivity contribution in [3.05, 3.63) is 69.7 Å². The first kappa shape index (κ1) is 21.8. The SMILES string of the molecule is O=C(c1cccc(COCC(F)(F)F)c1)N1CCN(Cc2ccccc2Br)CC1. The van der Waals surface area contributed by atoms with Gasteiger partial charge in [-0.3, -0.25) is 9.69 Å². The third-order valence-corrected chi connectivity index (χ3v) is 5.49. The highest BCUT2D eigenvalue weighted by molar-refractivity contribution is 9.10. The maximum absolute atomic E-state index is 12.8. The van der Waals surface area contributed by atoms with Crippen LogP contribution in [0.25, 0.3) is 0 Å². The monoisotopic (exact) mass is 470 g/mol. The molecule has 2 aromatic rings. The Bertz CT molecular complexity index is 837. The van der Waals surface area contributed by atoms with Crippen LogP contribution in [0.1, 0.15) is 21.5 Å². The van der Waals surface area contributed by atoms with E-state index >= 15 is 0 Å². The van der Waals surface area contributed by atoms with E-state index in [9.17, 15) is 18.0 Å². The molecule has 0 atom stereocenters. The molecule has 0 radical (unpaired) electrons. The standard InChI is InChI=1S/C21H22BrF3N2O2/c22-19-7-2-1-5-18(19)13-26-8-10-27(11-9-26)20(28)17-6-3-4-16(12-17)14-29-15-21(23,24)25/h1-7,12H,8-11,13-15H2. The Labute approximate surface area is 176 Å². The smallest absolute Gasteiger partial charge is 0.367 e. The molecule has 0 saturated carbocycles. The zero-order valence-corrected chi connectivity index (χ0v) is 17.4. The van der Waals surface area contributed by atoms with Gasteiger partial charge < -0.3 is 9.64 Å². The topological polar surface area (TPSA) is 32.8 Å². The number of carbonyl (C=O) groups is 1. The Balaban J connectivity index is 1.52. The van der Waals surface area contributed by atoms with Crippen molar-refractivity contribution in [3.8, 4) is 0 Å². The van der Waals surface area contributed by atoms with Gasteiger partial charge in [0, 0.05) is 42.8 Å². The zero-order valence-electron chi connectivity index (χ0n) is 15.8. The van der Waals surface area contributed by atoms with Crippen LogP contribution >= 0.6 is 15.9 Å². The molecule has 29 heavy (non-hydrogen) atoms. The van der Waals surface area contributed by atoms with Crippen LogP contribution in [-0.2, 0) is 17.9 Å². The molecule has 0 aliphatic carbocycles. The Morgan fingerprint density at radius 1 is 1.03 bits per heavy atom. The van der Waals surface area contributed by atoms with Gasteiger partial charge in [-0.05, 0) is 29.3 Å². The van der Waals surface area contributed by atoms with Crippen molar-refractivity contribution < 1.29 is 22.7 Å². The minimum absolute atomic E-state index is 0.108. The van der Waals surface area contributed by atoms with Gasteiger partial charge in [0.2, 0.25) is 0 Å². The average molecular weight is 471 g/mol. The predicted octanol–water partition coefficient (Wildman–Crippen LogP) is 4.49. The van der Waals surface area contributed by atoms with Crippen molar-refractivity contribution in [3.63, 3.8) is 0 Å². The molecule has 0 N–H and O–H groups in total. The molecule has 2 aromatic carbocycles. The van der Waals surface area contributed by atoms with Crippen LogP contribution in [0.4, 0.5) is 13.2 Å². The van der Waals surface area contributed by atoms with E-state index in [0.717, 1.165) is 24.1 Å². The molecule has 1 aliphatic heterocycles. The van der Waals surface area contributed by atoms with Gasteiger partial charge in [-0.15, -0.1) is 0 Å². The Morgan fingerprint density at radius 2 is 1.76 bits per heavy atom. The van der Waals surface area contributed by atoms with Crippen molar-refractivity contribution in [2.24, 2.45) is 0 Å². The quantitative estimate of drug-likeness (QED) is 0.623. The molecular weight excluding hydrogens is 449 g/mol. The summed E-state index contributed by atoms with van der Waals surface area (Å²) < 4.78 is 42.4. The molecule has 1 saturated heterocycles. The molecule has 1 aliphatic rings. The highest BCUT2D eigenvalue weighted by Gasteiger charge is 2.27. The van der Waals surface area contributed by atoms with Gasteiger partial charge in [0.25, 0.3) is 5.91 Å². The van der Waals surface area contributed by atoms with Crippen LogP contribution in [0.5, 0.6) is 0 Å². The number of benzene rings is 2. The molecule has 1 heterocycles. The van der Waals surface area contributed by atoms with E-state index in [1.165, 1.54) is 5.56 Å². The Kier molecular flexibility index (Phi) is 7.32. The second-order valence-corrected chi connectivity index (χ2v) is 7.82. The predicted molar refractivity (Wildman–Crippen MR) is 107 cm³/mol. The number of hydrogen-bond donors (Lipinski definition) is 0. The van der Waals surface area contributed by atoms with Crippen LogP contribution in [0.2, 0.25) is 0 Å². The Morgan fingerprint density at radius 3 is 2.45 bits per heavy atom. The Hall–Kier alpha value is -1.90. The summed E-state index contributed by atoms with van der Waals surface area (Å²) in [6.07, 6.45) is -4.36. The summed E-state index contributed by atoms with van der Waals surface area (Å²) in [7, 11) is 0. The lowest BCUT2D eigenvalue weighted by atomic mass is 10.1. The van der Waals surface area contributed by atoms with E-state index in [0.29, 0.717) is 24.2 Å². The number of carbonyl (C=O) groups excluding carboxylic acids is 1. The third-order valence-electron chi connectivity index (χ3n) is 4.72. The van der Waals surface area contributed by atoms with Crippen LogP contribution in [0.15, 0.2) is 53.0 Å². The number of halogens is 4. The van der Waals surface area contributed by atoms with Crippen LogP contribution in [-0.4, -0.2) is 54.7 Å². The summed E-state index contributed by atoms with van der Waals surface area (Å²) >= 11 is 3.56. The molecule has 0 spiro atoms. The van der Waals surface area contributed by atoms with Gasteiger partial charge in [0.1, 0.15) is 6.61 Å². The lowest BCUT2D eigenvalue weighted by molar-refractivity contribution is -0.176. The van der Waals surface area contributed by atoms with Gasteiger partial charge in [-0.2, -0.15) is 13.2 Å². The highest BCUT2D eigenvalue weighted by Crippen LogP contribution is 2.20. The second-order valence-electron chi connectivity index (χ2n) is 6.97. The van der Waals surface area contributed by atoms with Gasteiger partial charge in [0.15, 0.2) is 0 Å². The van der Waals surface area contributed by atoms with Gasteiger partial charge >= 0.3 is 6.18 Å². The molecule has 1 amide bonds. The second kappa shape index (κ2) is 9.73. The fraction of sp³-hybridized carbons (Fsp3) is 0.381. The summed E-state index contributed by atoms with van der Waals surface area (Å²) in [4.78, 5) is 16.9. The first-order valence-corrected chi connectivity index (χ1v) is 10.1. The zero-order chi connectivity index (χ0) is 20.9. The van der Waals surface area contributed by atoms with Crippen LogP contribution in [0.3, 0.4) is 0 Å². The summed E-state index contributed by atoms with van der Waals surface area (Å²) in [6, 6.07) is 14.7. The number of piperazine rings is 1. The van der Waals surface area contributed by atoms with Crippen LogP contribution < -0.4 is 0 Å².